The Kier molecular flexibility index (Phi) is 4.18. The van der Waals surface area contributed by atoms with Gasteiger partial charge in [-0.1, -0.05) is 60.1 Å². The molecule has 0 aliphatic rings. The van der Waals surface area contributed by atoms with Crippen LogP contribution in [0, 0.1) is 0 Å². The molecule has 0 atom stereocenters. The molecule has 6 nitrogen and oxygen atoms in total. The van der Waals surface area contributed by atoms with Crippen molar-refractivity contribution in [2.45, 2.75) is 0 Å². The summed E-state index contributed by atoms with van der Waals surface area (Å²) in [4.78, 5) is 33.5. The molecule has 0 bridgehead atoms. The number of hydrogen-bond donors (Lipinski definition) is 1. The van der Waals surface area contributed by atoms with Gasteiger partial charge in [-0.25, -0.2) is 9.97 Å². The molecule has 0 spiro atoms. The molecule has 2 N–H and O–H groups in total. The highest BCUT2D eigenvalue weighted by Gasteiger charge is 2.23. The number of carbonyl (C=O) groups is 2. The first-order valence-corrected chi connectivity index (χ1v) is 8.46. The lowest BCUT2D eigenvalue weighted by atomic mass is 10.1. The van der Waals surface area contributed by atoms with Crippen LogP contribution in [0.15, 0.2) is 67.0 Å². The second-order valence-corrected chi connectivity index (χ2v) is 6.26. The van der Waals surface area contributed by atoms with Gasteiger partial charge in [0.05, 0.1) is 22.4 Å². The van der Waals surface area contributed by atoms with Gasteiger partial charge in [0.2, 0.25) is 5.95 Å². The van der Waals surface area contributed by atoms with Gasteiger partial charge in [-0.05, 0) is 6.07 Å². The number of nitrogens with zero attached hydrogens (tertiary/aromatic N) is 3. The number of halogens is 1. The Morgan fingerprint density at radius 3 is 2.48 bits per heavy atom. The van der Waals surface area contributed by atoms with Crippen LogP contribution < -0.4 is 5.73 Å². The zero-order chi connectivity index (χ0) is 19.0. The Hall–Kier alpha value is -3.51. The van der Waals surface area contributed by atoms with Crippen LogP contribution in [0.1, 0.15) is 15.2 Å². The van der Waals surface area contributed by atoms with E-state index >= 15 is 0 Å². The SMILES string of the molecule is Nc1ncc(Cl)c(-c2cn(C(=O)C(=O)c3ccccc3)c3ccccc23)n1. The Bertz CT molecular complexity index is 1190. The number of fused-ring (bicyclic) bond motifs is 1. The summed E-state index contributed by atoms with van der Waals surface area (Å²) in [5.74, 6) is -1.20. The van der Waals surface area contributed by atoms with Crippen molar-refractivity contribution in [3.8, 4) is 11.3 Å². The summed E-state index contributed by atoms with van der Waals surface area (Å²) < 4.78 is 1.31. The van der Waals surface area contributed by atoms with E-state index in [1.165, 1.54) is 10.8 Å². The number of nitrogens with two attached hydrogens (primary N) is 1. The topological polar surface area (TPSA) is 90.9 Å². The van der Waals surface area contributed by atoms with Crippen LogP contribution in [-0.2, 0) is 0 Å². The van der Waals surface area contributed by atoms with E-state index in [1.54, 1.807) is 48.7 Å². The van der Waals surface area contributed by atoms with E-state index in [-0.39, 0.29) is 5.95 Å². The van der Waals surface area contributed by atoms with Crippen LogP contribution in [0.4, 0.5) is 5.95 Å². The molecular weight excluding hydrogens is 364 g/mol. The van der Waals surface area contributed by atoms with Crippen LogP contribution in [-0.4, -0.2) is 26.2 Å². The van der Waals surface area contributed by atoms with Crippen molar-refractivity contribution in [1.82, 2.24) is 14.5 Å². The third-order valence-electron chi connectivity index (χ3n) is 4.18. The molecular formula is C20H13ClN4O2. The minimum absolute atomic E-state index is 0.0675. The summed E-state index contributed by atoms with van der Waals surface area (Å²) in [7, 11) is 0. The summed E-state index contributed by atoms with van der Waals surface area (Å²) in [5, 5.41) is 1.03. The highest BCUT2D eigenvalue weighted by atomic mass is 35.5. The average Bonchev–Trinajstić information content (AvgIpc) is 3.09. The molecule has 0 aliphatic heterocycles. The summed E-state index contributed by atoms with van der Waals surface area (Å²) in [6.45, 7) is 0. The number of aromatic nitrogens is 3. The minimum Gasteiger partial charge on any atom is -0.368 e. The molecule has 2 heterocycles. The molecule has 0 amide bonds. The van der Waals surface area contributed by atoms with Gasteiger partial charge in [-0.2, -0.15) is 0 Å². The summed E-state index contributed by atoms with van der Waals surface area (Å²) in [6, 6.07) is 15.6. The second-order valence-electron chi connectivity index (χ2n) is 5.85. The molecule has 4 rings (SSSR count). The molecule has 0 saturated heterocycles. The van der Waals surface area contributed by atoms with E-state index in [1.807, 2.05) is 12.1 Å². The third kappa shape index (κ3) is 2.96. The van der Waals surface area contributed by atoms with Crippen LogP contribution >= 0.6 is 11.6 Å². The first kappa shape index (κ1) is 16.9. The molecule has 4 aromatic rings. The van der Waals surface area contributed by atoms with Crippen molar-refractivity contribution in [1.29, 1.82) is 0 Å². The highest BCUT2D eigenvalue weighted by Crippen LogP contribution is 2.33. The van der Waals surface area contributed by atoms with Crippen molar-refractivity contribution in [2.24, 2.45) is 0 Å². The van der Waals surface area contributed by atoms with Crippen LogP contribution in [0.2, 0.25) is 5.02 Å². The Morgan fingerprint density at radius 2 is 1.70 bits per heavy atom. The van der Waals surface area contributed by atoms with Crippen molar-refractivity contribution in [3.05, 3.63) is 77.6 Å². The number of rotatable bonds is 3. The standard InChI is InChI=1S/C20H13ClN4O2/c21-15-10-23-20(22)24-17(15)14-11-25(16-9-5-4-8-13(14)16)19(27)18(26)12-6-2-1-3-7-12/h1-11H,(H2,22,23,24). The van der Waals surface area contributed by atoms with Gasteiger partial charge in [-0.15, -0.1) is 0 Å². The quantitative estimate of drug-likeness (QED) is 0.433. The molecule has 27 heavy (non-hydrogen) atoms. The highest BCUT2D eigenvalue weighted by molar-refractivity contribution is 6.44. The summed E-state index contributed by atoms with van der Waals surface area (Å²) in [6.07, 6.45) is 2.96. The number of Topliss-reactive ketones (excluding diaryl/α,β-unsaturated/α-hetero) is 1. The number of anilines is 1. The van der Waals surface area contributed by atoms with Gasteiger partial charge in [0, 0.05) is 22.7 Å². The summed E-state index contributed by atoms with van der Waals surface area (Å²) >= 11 is 6.24. The molecule has 0 unspecified atom stereocenters. The maximum Gasteiger partial charge on any atom is 0.303 e. The third-order valence-corrected chi connectivity index (χ3v) is 4.46. The fraction of sp³-hybridized carbons (Fsp3) is 0. The van der Waals surface area contributed by atoms with Gasteiger partial charge >= 0.3 is 5.91 Å². The molecule has 0 radical (unpaired) electrons. The zero-order valence-electron chi connectivity index (χ0n) is 14.0. The predicted octanol–water partition coefficient (Wildman–Crippen LogP) is 3.86. The lowest BCUT2D eigenvalue weighted by molar-refractivity contribution is 0.0768. The predicted molar refractivity (Wildman–Crippen MR) is 104 cm³/mol. The van der Waals surface area contributed by atoms with Crippen molar-refractivity contribution in [2.75, 3.05) is 5.73 Å². The van der Waals surface area contributed by atoms with Gasteiger partial charge < -0.3 is 5.73 Å². The molecule has 0 fully saturated rings. The molecule has 7 heteroatoms. The monoisotopic (exact) mass is 376 g/mol. The Morgan fingerprint density at radius 1 is 1.00 bits per heavy atom. The number of benzene rings is 2. The lowest BCUT2D eigenvalue weighted by Gasteiger charge is -2.03. The maximum absolute atomic E-state index is 12.9. The van der Waals surface area contributed by atoms with E-state index in [0.717, 1.165) is 5.39 Å². The molecule has 2 aromatic heterocycles. The first-order valence-electron chi connectivity index (χ1n) is 8.09. The van der Waals surface area contributed by atoms with Crippen LogP contribution in [0.25, 0.3) is 22.2 Å². The largest absolute Gasteiger partial charge is 0.368 e. The number of carbonyl (C=O) groups excluding carboxylic acids is 2. The van der Waals surface area contributed by atoms with E-state index in [4.69, 9.17) is 17.3 Å². The molecule has 0 saturated carbocycles. The van der Waals surface area contributed by atoms with Crippen molar-refractivity contribution in [3.63, 3.8) is 0 Å². The van der Waals surface area contributed by atoms with Gasteiger partial charge in [-0.3, -0.25) is 14.2 Å². The van der Waals surface area contributed by atoms with Gasteiger partial charge in [0.15, 0.2) is 0 Å². The van der Waals surface area contributed by atoms with Gasteiger partial charge in [0.1, 0.15) is 0 Å². The Balaban J connectivity index is 1.89. The average molecular weight is 377 g/mol. The Labute approximate surface area is 159 Å². The number of para-hydroxylation sites is 1. The maximum atomic E-state index is 12.9. The van der Waals surface area contributed by atoms with E-state index < -0.39 is 11.7 Å². The van der Waals surface area contributed by atoms with Gasteiger partial charge in [0.25, 0.3) is 5.78 Å². The van der Waals surface area contributed by atoms with Crippen LogP contribution in [0.5, 0.6) is 0 Å². The fourth-order valence-corrected chi connectivity index (χ4v) is 3.12. The van der Waals surface area contributed by atoms with E-state index in [9.17, 15) is 9.59 Å². The zero-order valence-corrected chi connectivity index (χ0v) is 14.7. The number of nitrogen functional groups attached to an aromatic ring is 1. The van der Waals surface area contributed by atoms with E-state index in [2.05, 4.69) is 9.97 Å². The van der Waals surface area contributed by atoms with E-state index in [0.29, 0.717) is 27.4 Å². The van der Waals surface area contributed by atoms with Crippen LogP contribution in [0.3, 0.4) is 0 Å². The molecule has 2 aromatic carbocycles. The van der Waals surface area contributed by atoms with Crippen molar-refractivity contribution < 1.29 is 9.59 Å². The minimum atomic E-state index is -0.665. The number of ketones is 1. The molecule has 132 valence electrons. The fourth-order valence-electron chi connectivity index (χ4n) is 2.93. The summed E-state index contributed by atoms with van der Waals surface area (Å²) in [5.41, 5.74) is 7.59. The first-order chi connectivity index (χ1) is 13.1. The smallest absolute Gasteiger partial charge is 0.303 e. The lowest BCUT2D eigenvalue weighted by Crippen LogP contribution is -2.21. The van der Waals surface area contributed by atoms with Crippen molar-refractivity contribution >= 4 is 40.1 Å². The number of hydrogen-bond acceptors (Lipinski definition) is 5. The normalized spacial score (nSPS) is 10.9. The molecule has 0 aliphatic carbocycles. The second kappa shape index (κ2) is 6.66.